The summed E-state index contributed by atoms with van der Waals surface area (Å²) in [6.45, 7) is 4.84. The highest BCUT2D eigenvalue weighted by Gasteiger charge is 2.25. The van der Waals surface area contributed by atoms with Crippen LogP contribution in [-0.2, 0) is 16.1 Å². The number of aryl methyl sites for hydroxylation is 1. The fourth-order valence-electron chi connectivity index (χ4n) is 2.80. The van der Waals surface area contributed by atoms with E-state index >= 15 is 0 Å². The SMILES string of the molecule is CC(C)(Br)C(=O)OCCCn1c2ccccc2c2ccccc21. The van der Waals surface area contributed by atoms with Gasteiger partial charge in [-0.3, -0.25) is 4.79 Å². The van der Waals surface area contributed by atoms with Gasteiger partial charge in [0.05, 0.1) is 6.61 Å². The smallest absolute Gasteiger partial charge is 0.322 e. The van der Waals surface area contributed by atoms with Gasteiger partial charge in [0.1, 0.15) is 4.32 Å². The van der Waals surface area contributed by atoms with Gasteiger partial charge in [-0.2, -0.15) is 0 Å². The number of halogens is 1. The number of hydrogen-bond donors (Lipinski definition) is 0. The van der Waals surface area contributed by atoms with Gasteiger partial charge in [0, 0.05) is 28.4 Å². The summed E-state index contributed by atoms with van der Waals surface area (Å²) in [5.74, 6) is -0.222. The number of nitrogens with zero attached hydrogens (tertiary/aromatic N) is 1. The Morgan fingerprint density at radius 2 is 1.57 bits per heavy atom. The predicted octanol–water partition coefficient (Wildman–Crippen LogP) is 4.90. The Morgan fingerprint density at radius 1 is 1.04 bits per heavy atom. The van der Waals surface area contributed by atoms with Crippen LogP contribution in [0.25, 0.3) is 21.8 Å². The summed E-state index contributed by atoms with van der Waals surface area (Å²) in [7, 11) is 0. The monoisotopic (exact) mass is 373 g/mol. The van der Waals surface area contributed by atoms with Crippen molar-refractivity contribution in [2.45, 2.75) is 31.1 Å². The number of rotatable bonds is 5. The van der Waals surface area contributed by atoms with Crippen LogP contribution >= 0.6 is 15.9 Å². The van der Waals surface area contributed by atoms with Gasteiger partial charge < -0.3 is 9.30 Å². The lowest BCUT2D eigenvalue weighted by Crippen LogP contribution is -2.27. The molecule has 0 aliphatic heterocycles. The Morgan fingerprint density at radius 3 is 2.09 bits per heavy atom. The van der Waals surface area contributed by atoms with Crippen molar-refractivity contribution in [1.29, 1.82) is 0 Å². The third kappa shape index (κ3) is 3.27. The molecular formula is C19H20BrNO2. The van der Waals surface area contributed by atoms with Crippen molar-refractivity contribution in [2.75, 3.05) is 6.61 Å². The van der Waals surface area contributed by atoms with Crippen molar-refractivity contribution in [3.05, 3.63) is 48.5 Å². The number of benzene rings is 2. The number of carbonyl (C=O) groups is 1. The number of carbonyl (C=O) groups excluding carboxylic acids is 1. The maximum Gasteiger partial charge on any atom is 0.322 e. The molecule has 3 nitrogen and oxygen atoms in total. The summed E-state index contributed by atoms with van der Waals surface area (Å²) in [5, 5.41) is 2.53. The van der Waals surface area contributed by atoms with Crippen molar-refractivity contribution in [3.63, 3.8) is 0 Å². The maximum absolute atomic E-state index is 11.8. The highest BCUT2D eigenvalue weighted by atomic mass is 79.9. The van der Waals surface area contributed by atoms with E-state index < -0.39 is 4.32 Å². The molecule has 0 saturated carbocycles. The quantitative estimate of drug-likeness (QED) is 0.361. The molecule has 0 atom stereocenters. The summed E-state index contributed by atoms with van der Waals surface area (Å²) < 4.78 is 7.01. The Hall–Kier alpha value is -1.81. The topological polar surface area (TPSA) is 31.2 Å². The molecule has 1 heterocycles. The highest BCUT2D eigenvalue weighted by molar-refractivity contribution is 9.10. The zero-order valence-corrected chi connectivity index (χ0v) is 15.0. The van der Waals surface area contributed by atoms with Gasteiger partial charge in [-0.25, -0.2) is 0 Å². The molecule has 0 radical (unpaired) electrons. The van der Waals surface area contributed by atoms with E-state index in [1.807, 2.05) is 0 Å². The van der Waals surface area contributed by atoms with Gasteiger partial charge in [0.25, 0.3) is 0 Å². The first kappa shape index (κ1) is 16.1. The summed E-state index contributed by atoms with van der Waals surface area (Å²) in [6.07, 6.45) is 0.789. The van der Waals surface area contributed by atoms with Gasteiger partial charge in [-0.15, -0.1) is 0 Å². The zero-order chi connectivity index (χ0) is 16.4. The first-order valence-corrected chi connectivity index (χ1v) is 8.60. The molecule has 0 aliphatic carbocycles. The summed E-state index contributed by atoms with van der Waals surface area (Å²) in [4.78, 5) is 11.8. The van der Waals surface area contributed by atoms with Crippen LogP contribution in [0.1, 0.15) is 20.3 Å². The Bertz CT molecular complexity index is 792. The molecule has 0 saturated heterocycles. The second kappa shape index (κ2) is 6.36. The first-order valence-electron chi connectivity index (χ1n) is 7.80. The number of esters is 1. The lowest BCUT2D eigenvalue weighted by atomic mass is 10.2. The van der Waals surface area contributed by atoms with E-state index in [1.54, 1.807) is 13.8 Å². The van der Waals surface area contributed by atoms with Crippen LogP contribution < -0.4 is 0 Å². The van der Waals surface area contributed by atoms with Crippen LogP contribution in [0.5, 0.6) is 0 Å². The Labute approximate surface area is 144 Å². The molecule has 23 heavy (non-hydrogen) atoms. The van der Waals surface area contributed by atoms with Crippen molar-refractivity contribution >= 4 is 43.7 Å². The minimum absolute atomic E-state index is 0.222. The summed E-state index contributed by atoms with van der Waals surface area (Å²) >= 11 is 3.32. The molecule has 120 valence electrons. The fraction of sp³-hybridized carbons (Fsp3) is 0.316. The van der Waals surface area contributed by atoms with E-state index in [4.69, 9.17) is 4.74 Å². The van der Waals surface area contributed by atoms with E-state index in [0.717, 1.165) is 13.0 Å². The third-order valence-electron chi connectivity index (χ3n) is 3.92. The Balaban J connectivity index is 1.79. The van der Waals surface area contributed by atoms with E-state index in [0.29, 0.717) is 6.61 Å². The minimum Gasteiger partial charge on any atom is -0.465 e. The number of para-hydroxylation sites is 2. The van der Waals surface area contributed by atoms with Crippen molar-refractivity contribution in [3.8, 4) is 0 Å². The number of aromatic nitrogens is 1. The van der Waals surface area contributed by atoms with Gasteiger partial charge in [0.2, 0.25) is 0 Å². The van der Waals surface area contributed by atoms with Crippen LogP contribution in [-0.4, -0.2) is 21.5 Å². The van der Waals surface area contributed by atoms with Crippen molar-refractivity contribution in [1.82, 2.24) is 4.57 Å². The van der Waals surface area contributed by atoms with Gasteiger partial charge in [-0.05, 0) is 32.4 Å². The zero-order valence-electron chi connectivity index (χ0n) is 13.4. The highest BCUT2D eigenvalue weighted by Crippen LogP contribution is 2.28. The van der Waals surface area contributed by atoms with Gasteiger partial charge in [0.15, 0.2) is 0 Å². The van der Waals surface area contributed by atoms with Crippen LogP contribution in [0.4, 0.5) is 0 Å². The first-order chi connectivity index (χ1) is 11.0. The number of ether oxygens (including phenoxy) is 1. The standard InChI is InChI=1S/C19H20BrNO2/c1-19(2,20)18(22)23-13-7-12-21-16-10-5-3-8-14(16)15-9-4-6-11-17(15)21/h3-6,8-11H,7,12-13H2,1-2H3. The number of fused-ring (bicyclic) bond motifs is 3. The molecular weight excluding hydrogens is 354 g/mol. The van der Waals surface area contributed by atoms with Crippen molar-refractivity contribution < 1.29 is 9.53 Å². The largest absolute Gasteiger partial charge is 0.465 e. The molecule has 0 bridgehead atoms. The molecule has 0 fully saturated rings. The van der Waals surface area contributed by atoms with E-state index in [9.17, 15) is 4.79 Å². The molecule has 0 unspecified atom stereocenters. The molecule has 0 N–H and O–H groups in total. The maximum atomic E-state index is 11.8. The molecule has 0 aliphatic rings. The number of alkyl halides is 1. The lowest BCUT2D eigenvalue weighted by Gasteiger charge is -2.15. The second-order valence-corrected chi connectivity index (χ2v) is 8.13. The van der Waals surface area contributed by atoms with Crippen LogP contribution in [0.2, 0.25) is 0 Å². The van der Waals surface area contributed by atoms with E-state index in [2.05, 4.69) is 69.0 Å². The predicted molar refractivity (Wildman–Crippen MR) is 98.0 cm³/mol. The molecule has 0 spiro atoms. The van der Waals surface area contributed by atoms with Crippen LogP contribution in [0.3, 0.4) is 0 Å². The fourth-order valence-corrected chi connectivity index (χ4v) is 2.92. The van der Waals surface area contributed by atoms with E-state index in [-0.39, 0.29) is 5.97 Å². The molecule has 2 aromatic carbocycles. The average Bonchev–Trinajstić information content (AvgIpc) is 2.85. The summed E-state index contributed by atoms with van der Waals surface area (Å²) in [6, 6.07) is 16.9. The second-order valence-electron chi connectivity index (χ2n) is 6.15. The Kier molecular flexibility index (Phi) is 4.44. The van der Waals surface area contributed by atoms with Crippen LogP contribution in [0.15, 0.2) is 48.5 Å². The molecule has 3 aromatic rings. The lowest BCUT2D eigenvalue weighted by molar-refractivity contribution is -0.145. The van der Waals surface area contributed by atoms with Gasteiger partial charge >= 0.3 is 5.97 Å². The van der Waals surface area contributed by atoms with E-state index in [1.165, 1.54) is 21.8 Å². The summed E-state index contributed by atoms with van der Waals surface area (Å²) in [5.41, 5.74) is 2.45. The number of hydrogen-bond acceptors (Lipinski definition) is 2. The average molecular weight is 374 g/mol. The third-order valence-corrected chi connectivity index (χ3v) is 4.25. The van der Waals surface area contributed by atoms with Crippen LogP contribution in [0, 0.1) is 0 Å². The molecule has 0 amide bonds. The molecule has 1 aromatic heterocycles. The molecule has 3 rings (SSSR count). The van der Waals surface area contributed by atoms with Gasteiger partial charge in [-0.1, -0.05) is 52.3 Å². The van der Waals surface area contributed by atoms with Crippen molar-refractivity contribution in [2.24, 2.45) is 0 Å². The minimum atomic E-state index is -0.625. The molecule has 4 heteroatoms. The normalized spacial score (nSPS) is 12.0.